The Morgan fingerprint density at radius 1 is 1.55 bits per heavy atom. The second kappa shape index (κ2) is 6.62. The van der Waals surface area contributed by atoms with Gasteiger partial charge in [0.25, 0.3) is 0 Å². The second-order valence-corrected chi connectivity index (χ2v) is 4.63. The standard InChI is InChI=1S/C13H17F2N3O2/c1-18(8-10-7-16-4-5-20-10)13(19)17-12-3-2-9(14)6-11(12)15/h2-3,6,10,16H,4-5,7-8H2,1H3,(H,17,19). The van der Waals surface area contributed by atoms with Crippen molar-refractivity contribution in [1.29, 1.82) is 0 Å². The van der Waals surface area contributed by atoms with E-state index in [-0.39, 0.29) is 11.8 Å². The minimum absolute atomic E-state index is 0.0501. The maximum atomic E-state index is 13.4. The van der Waals surface area contributed by atoms with Crippen LogP contribution in [0.25, 0.3) is 0 Å². The van der Waals surface area contributed by atoms with Gasteiger partial charge in [0.1, 0.15) is 11.6 Å². The van der Waals surface area contributed by atoms with Crippen molar-refractivity contribution in [2.24, 2.45) is 0 Å². The van der Waals surface area contributed by atoms with E-state index in [2.05, 4.69) is 10.6 Å². The van der Waals surface area contributed by atoms with Crippen molar-refractivity contribution >= 4 is 11.7 Å². The van der Waals surface area contributed by atoms with Crippen molar-refractivity contribution < 1.29 is 18.3 Å². The Hall–Kier alpha value is -1.73. The van der Waals surface area contributed by atoms with Crippen molar-refractivity contribution in [2.45, 2.75) is 6.10 Å². The lowest BCUT2D eigenvalue weighted by Crippen LogP contribution is -2.46. The fourth-order valence-corrected chi connectivity index (χ4v) is 1.93. The third kappa shape index (κ3) is 3.88. The fraction of sp³-hybridized carbons (Fsp3) is 0.462. The Morgan fingerprint density at radius 2 is 2.35 bits per heavy atom. The Morgan fingerprint density at radius 3 is 3.00 bits per heavy atom. The van der Waals surface area contributed by atoms with E-state index in [1.54, 1.807) is 7.05 Å². The van der Waals surface area contributed by atoms with Crippen LogP contribution in [0.1, 0.15) is 0 Å². The molecule has 0 aliphatic carbocycles. The molecule has 2 rings (SSSR count). The number of urea groups is 1. The van der Waals surface area contributed by atoms with E-state index in [0.717, 1.165) is 18.7 Å². The van der Waals surface area contributed by atoms with Crippen LogP contribution in [0.5, 0.6) is 0 Å². The van der Waals surface area contributed by atoms with Crippen LogP contribution in [0, 0.1) is 11.6 Å². The monoisotopic (exact) mass is 285 g/mol. The van der Waals surface area contributed by atoms with Gasteiger partial charge in [0, 0.05) is 32.7 Å². The molecule has 2 amide bonds. The van der Waals surface area contributed by atoms with Crippen LogP contribution in [-0.4, -0.2) is 50.3 Å². The van der Waals surface area contributed by atoms with Gasteiger partial charge in [-0.25, -0.2) is 13.6 Å². The molecule has 1 aromatic rings. The zero-order valence-electron chi connectivity index (χ0n) is 11.2. The van der Waals surface area contributed by atoms with E-state index in [4.69, 9.17) is 4.74 Å². The summed E-state index contributed by atoms with van der Waals surface area (Å²) in [5, 5.41) is 5.56. The van der Waals surface area contributed by atoms with Crippen LogP contribution in [0.15, 0.2) is 18.2 Å². The first-order chi connectivity index (χ1) is 9.56. The number of carbonyl (C=O) groups excluding carboxylic acids is 1. The lowest BCUT2D eigenvalue weighted by Gasteiger charge is -2.28. The Balaban J connectivity index is 1.89. The number of morpholine rings is 1. The van der Waals surface area contributed by atoms with Gasteiger partial charge in [-0.3, -0.25) is 0 Å². The number of nitrogens with zero attached hydrogens (tertiary/aromatic N) is 1. The zero-order valence-corrected chi connectivity index (χ0v) is 11.2. The molecule has 2 N–H and O–H groups in total. The molecule has 0 bridgehead atoms. The van der Waals surface area contributed by atoms with Crippen LogP contribution in [-0.2, 0) is 4.74 Å². The normalized spacial score (nSPS) is 18.6. The number of likely N-dealkylation sites (N-methyl/N-ethyl adjacent to an activating group) is 1. The zero-order chi connectivity index (χ0) is 14.5. The van der Waals surface area contributed by atoms with Gasteiger partial charge < -0.3 is 20.3 Å². The highest BCUT2D eigenvalue weighted by atomic mass is 19.1. The van der Waals surface area contributed by atoms with Gasteiger partial charge in [0.05, 0.1) is 18.4 Å². The van der Waals surface area contributed by atoms with Crippen molar-refractivity contribution in [2.75, 3.05) is 38.6 Å². The molecular weight excluding hydrogens is 268 g/mol. The third-order valence-corrected chi connectivity index (χ3v) is 3.00. The summed E-state index contributed by atoms with van der Waals surface area (Å²) < 4.78 is 31.7. The average molecular weight is 285 g/mol. The summed E-state index contributed by atoms with van der Waals surface area (Å²) >= 11 is 0. The molecule has 1 atom stereocenters. The van der Waals surface area contributed by atoms with E-state index in [1.165, 1.54) is 11.0 Å². The molecule has 20 heavy (non-hydrogen) atoms. The maximum absolute atomic E-state index is 13.4. The highest BCUT2D eigenvalue weighted by Crippen LogP contribution is 2.15. The Kier molecular flexibility index (Phi) is 4.86. The fourth-order valence-electron chi connectivity index (χ4n) is 1.93. The Bertz CT molecular complexity index is 479. The van der Waals surface area contributed by atoms with Gasteiger partial charge in [-0.1, -0.05) is 0 Å². The predicted molar refractivity (Wildman–Crippen MR) is 70.6 cm³/mol. The lowest BCUT2D eigenvalue weighted by molar-refractivity contribution is 0.0164. The van der Waals surface area contributed by atoms with Crippen LogP contribution in [0.3, 0.4) is 0 Å². The largest absolute Gasteiger partial charge is 0.374 e. The number of benzene rings is 1. The summed E-state index contributed by atoms with van der Waals surface area (Å²) in [7, 11) is 1.59. The smallest absolute Gasteiger partial charge is 0.321 e. The molecule has 0 spiro atoms. The van der Waals surface area contributed by atoms with E-state index in [9.17, 15) is 13.6 Å². The molecule has 0 radical (unpaired) electrons. The number of hydrogen-bond acceptors (Lipinski definition) is 3. The topological polar surface area (TPSA) is 53.6 Å². The molecule has 1 unspecified atom stereocenters. The number of carbonyl (C=O) groups is 1. The Labute approximate surface area is 115 Å². The highest BCUT2D eigenvalue weighted by molar-refractivity contribution is 5.89. The minimum atomic E-state index is -0.803. The van der Waals surface area contributed by atoms with Crippen molar-refractivity contribution in [1.82, 2.24) is 10.2 Å². The molecular formula is C13H17F2N3O2. The molecule has 0 saturated carbocycles. The van der Waals surface area contributed by atoms with Gasteiger partial charge in [-0.15, -0.1) is 0 Å². The maximum Gasteiger partial charge on any atom is 0.321 e. The van der Waals surface area contributed by atoms with Crippen LogP contribution in [0.2, 0.25) is 0 Å². The molecule has 0 aromatic heterocycles. The van der Waals surface area contributed by atoms with Gasteiger partial charge in [0.2, 0.25) is 0 Å². The quantitative estimate of drug-likeness (QED) is 0.883. The molecule has 5 nitrogen and oxygen atoms in total. The highest BCUT2D eigenvalue weighted by Gasteiger charge is 2.19. The first kappa shape index (κ1) is 14.7. The molecule has 1 saturated heterocycles. The van der Waals surface area contributed by atoms with Gasteiger partial charge in [-0.05, 0) is 12.1 Å². The third-order valence-electron chi connectivity index (χ3n) is 3.00. The summed E-state index contributed by atoms with van der Waals surface area (Å²) in [6.45, 7) is 2.46. The molecule has 1 aromatic carbocycles. The summed E-state index contributed by atoms with van der Waals surface area (Å²) in [6, 6.07) is 2.54. The number of halogens is 2. The van der Waals surface area contributed by atoms with Gasteiger partial charge in [0.15, 0.2) is 0 Å². The molecule has 1 aliphatic rings. The molecule has 1 aliphatic heterocycles. The van der Waals surface area contributed by atoms with Crippen LogP contribution >= 0.6 is 0 Å². The molecule has 1 heterocycles. The van der Waals surface area contributed by atoms with Gasteiger partial charge in [-0.2, -0.15) is 0 Å². The lowest BCUT2D eigenvalue weighted by atomic mass is 10.3. The van der Waals surface area contributed by atoms with Crippen molar-refractivity contribution in [3.63, 3.8) is 0 Å². The summed E-state index contributed by atoms with van der Waals surface area (Å²) in [5.41, 5.74) is -0.0501. The number of hydrogen-bond donors (Lipinski definition) is 2. The SMILES string of the molecule is CN(CC1CNCCO1)C(=O)Nc1ccc(F)cc1F. The van der Waals surface area contributed by atoms with E-state index < -0.39 is 17.7 Å². The van der Waals surface area contributed by atoms with E-state index in [0.29, 0.717) is 19.7 Å². The summed E-state index contributed by atoms with van der Waals surface area (Å²) in [5.74, 6) is -1.49. The second-order valence-electron chi connectivity index (χ2n) is 4.63. The van der Waals surface area contributed by atoms with E-state index >= 15 is 0 Å². The number of rotatable bonds is 3. The number of ether oxygens (including phenoxy) is 1. The molecule has 110 valence electrons. The van der Waals surface area contributed by atoms with Crippen LogP contribution < -0.4 is 10.6 Å². The summed E-state index contributed by atoms with van der Waals surface area (Å²) in [4.78, 5) is 13.3. The summed E-state index contributed by atoms with van der Waals surface area (Å²) in [6.07, 6.45) is -0.0856. The molecule has 1 fully saturated rings. The van der Waals surface area contributed by atoms with Crippen molar-refractivity contribution in [3.05, 3.63) is 29.8 Å². The first-order valence-electron chi connectivity index (χ1n) is 6.36. The number of amides is 2. The van der Waals surface area contributed by atoms with Gasteiger partial charge >= 0.3 is 6.03 Å². The van der Waals surface area contributed by atoms with Crippen molar-refractivity contribution in [3.8, 4) is 0 Å². The predicted octanol–water partition coefficient (Wildman–Crippen LogP) is 1.42. The van der Waals surface area contributed by atoms with E-state index in [1.807, 2.05) is 0 Å². The van der Waals surface area contributed by atoms with Crippen LogP contribution in [0.4, 0.5) is 19.3 Å². The number of nitrogens with one attached hydrogen (secondary N) is 2. The number of anilines is 1. The average Bonchev–Trinajstić information content (AvgIpc) is 2.43. The molecule has 7 heteroatoms. The first-order valence-corrected chi connectivity index (χ1v) is 6.36. The minimum Gasteiger partial charge on any atom is -0.374 e.